The lowest BCUT2D eigenvalue weighted by atomic mass is 9.98. The summed E-state index contributed by atoms with van der Waals surface area (Å²) in [6.45, 7) is 3.84. The first-order chi connectivity index (χ1) is 14.2. The van der Waals surface area contributed by atoms with E-state index in [9.17, 15) is 9.90 Å². The number of amides is 1. The van der Waals surface area contributed by atoms with Gasteiger partial charge in [-0.05, 0) is 46.2 Å². The Bertz CT molecular complexity index is 910. The third-order valence-corrected chi connectivity index (χ3v) is 8.24. The molecule has 0 radical (unpaired) electrons. The topological polar surface area (TPSA) is 52.6 Å². The molecule has 2 aromatic heterocycles. The van der Waals surface area contributed by atoms with Gasteiger partial charge in [-0.1, -0.05) is 42.5 Å². The number of benzene rings is 1. The highest BCUT2D eigenvalue weighted by Crippen LogP contribution is 2.51. The summed E-state index contributed by atoms with van der Waals surface area (Å²) in [6, 6.07) is 18.0. The van der Waals surface area contributed by atoms with Gasteiger partial charge in [-0.2, -0.15) is 0 Å². The SMILES string of the molecule is O=C(NCC1C2CN(Cc3ccccc3)CC12)C(O)(c1cccs1)c1cccs1. The number of nitrogens with zero attached hydrogens (tertiary/aromatic N) is 1. The quantitative estimate of drug-likeness (QED) is 0.610. The third-order valence-electron chi connectivity index (χ3n) is 6.28. The van der Waals surface area contributed by atoms with Crippen LogP contribution in [-0.4, -0.2) is 35.5 Å². The van der Waals surface area contributed by atoms with E-state index in [0.29, 0.717) is 34.1 Å². The van der Waals surface area contributed by atoms with E-state index >= 15 is 0 Å². The molecule has 1 amide bonds. The zero-order valence-electron chi connectivity index (χ0n) is 16.0. The van der Waals surface area contributed by atoms with E-state index in [0.717, 1.165) is 19.6 Å². The molecule has 3 heterocycles. The van der Waals surface area contributed by atoms with Crippen molar-refractivity contribution in [1.82, 2.24) is 10.2 Å². The van der Waals surface area contributed by atoms with Crippen LogP contribution in [-0.2, 0) is 16.9 Å². The zero-order chi connectivity index (χ0) is 19.8. The number of nitrogens with one attached hydrogen (secondary N) is 1. The summed E-state index contributed by atoms with van der Waals surface area (Å²) in [6.07, 6.45) is 0. The van der Waals surface area contributed by atoms with Crippen LogP contribution in [0.1, 0.15) is 15.3 Å². The number of fused-ring (bicyclic) bond motifs is 1. The summed E-state index contributed by atoms with van der Waals surface area (Å²) >= 11 is 2.83. The van der Waals surface area contributed by atoms with E-state index in [-0.39, 0.29) is 5.91 Å². The number of likely N-dealkylation sites (tertiary alicyclic amines) is 1. The largest absolute Gasteiger partial charge is 0.371 e. The van der Waals surface area contributed by atoms with Gasteiger partial charge in [0, 0.05) is 26.2 Å². The van der Waals surface area contributed by atoms with Gasteiger partial charge in [-0.15, -0.1) is 22.7 Å². The van der Waals surface area contributed by atoms with E-state index in [1.807, 2.05) is 35.0 Å². The van der Waals surface area contributed by atoms with Crippen molar-refractivity contribution in [1.29, 1.82) is 0 Å². The Kier molecular flexibility index (Phi) is 5.04. The van der Waals surface area contributed by atoms with E-state index in [1.54, 1.807) is 0 Å². The van der Waals surface area contributed by atoms with E-state index in [4.69, 9.17) is 0 Å². The summed E-state index contributed by atoms with van der Waals surface area (Å²) in [5, 5.41) is 18.2. The van der Waals surface area contributed by atoms with Gasteiger partial charge < -0.3 is 10.4 Å². The van der Waals surface area contributed by atoms with E-state index in [2.05, 4.69) is 40.5 Å². The predicted octanol–water partition coefficient (Wildman–Crippen LogP) is 3.54. The highest BCUT2D eigenvalue weighted by Gasteiger charge is 2.55. The fourth-order valence-corrected chi connectivity index (χ4v) is 6.40. The molecule has 2 fully saturated rings. The maximum Gasteiger partial charge on any atom is 0.263 e. The molecular weight excluding hydrogens is 400 g/mol. The highest BCUT2D eigenvalue weighted by atomic mass is 32.1. The summed E-state index contributed by atoms with van der Waals surface area (Å²) in [4.78, 5) is 16.9. The van der Waals surface area contributed by atoms with Gasteiger partial charge in [0.25, 0.3) is 5.91 Å². The molecule has 5 rings (SSSR count). The van der Waals surface area contributed by atoms with Crippen LogP contribution in [0.15, 0.2) is 65.4 Å². The number of hydrogen-bond acceptors (Lipinski definition) is 5. The Labute approximate surface area is 178 Å². The van der Waals surface area contributed by atoms with Gasteiger partial charge in [-0.3, -0.25) is 9.69 Å². The first-order valence-electron chi connectivity index (χ1n) is 10.0. The lowest BCUT2D eigenvalue weighted by Crippen LogP contribution is -2.45. The minimum Gasteiger partial charge on any atom is -0.371 e. The molecule has 2 aliphatic rings. The van der Waals surface area contributed by atoms with Crippen molar-refractivity contribution in [3.8, 4) is 0 Å². The van der Waals surface area contributed by atoms with Crippen molar-refractivity contribution in [3.05, 3.63) is 80.7 Å². The van der Waals surface area contributed by atoms with Crippen molar-refractivity contribution in [3.63, 3.8) is 0 Å². The fourth-order valence-electron chi connectivity index (χ4n) is 4.66. The number of piperidine rings is 1. The second-order valence-corrected chi connectivity index (χ2v) is 9.94. The van der Waals surface area contributed by atoms with Crippen LogP contribution in [0.2, 0.25) is 0 Å². The maximum atomic E-state index is 13.1. The average molecular weight is 425 g/mol. The minimum atomic E-state index is -1.59. The van der Waals surface area contributed by atoms with Crippen molar-refractivity contribution < 1.29 is 9.90 Å². The first kappa shape index (κ1) is 19.0. The molecule has 6 heteroatoms. The van der Waals surface area contributed by atoms with Gasteiger partial charge in [0.1, 0.15) is 0 Å². The minimum absolute atomic E-state index is 0.312. The predicted molar refractivity (Wildman–Crippen MR) is 117 cm³/mol. The molecule has 1 aliphatic carbocycles. The zero-order valence-corrected chi connectivity index (χ0v) is 17.7. The molecule has 0 bridgehead atoms. The van der Waals surface area contributed by atoms with Gasteiger partial charge in [0.05, 0.1) is 9.75 Å². The molecule has 1 aliphatic heterocycles. The number of thiophene rings is 2. The molecule has 3 aromatic rings. The third kappa shape index (κ3) is 3.55. The number of rotatable bonds is 7. The van der Waals surface area contributed by atoms with Crippen LogP contribution in [0, 0.1) is 17.8 Å². The standard InChI is InChI=1S/C23H24N2O2S2/c26-22(23(27,20-8-4-10-28-20)21-9-5-11-29-21)24-12-17-18-14-25(15-19(17)18)13-16-6-2-1-3-7-16/h1-11,17-19,27H,12-15H2,(H,24,26). The highest BCUT2D eigenvalue weighted by molar-refractivity contribution is 7.12. The molecular formula is C23H24N2O2S2. The summed E-state index contributed by atoms with van der Waals surface area (Å²) in [7, 11) is 0. The van der Waals surface area contributed by atoms with Crippen molar-refractivity contribution in [2.45, 2.75) is 12.1 Å². The summed E-state index contributed by atoms with van der Waals surface area (Å²) in [5.41, 5.74) is -0.235. The molecule has 1 saturated carbocycles. The number of aliphatic hydroxyl groups is 1. The lowest BCUT2D eigenvalue weighted by molar-refractivity contribution is -0.136. The van der Waals surface area contributed by atoms with Gasteiger partial charge in [0.2, 0.25) is 5.60 Å². The summed E-state index contributed by atoms with van der Waals surface area (Å²) in [5.74, 6) is 1.54. The fraction of sp³-hybridized carbons (Fsp3) is 0.348. The Hall–Kier alpha value is -1.99. The average Bonchev–Trinajstić information content (AvgIpc) is 3.32. The Balaban J connectivity index is 1.18. The van der Waals surface area contributed by atoms with Crippen LogP contribution in [0.3, 0.4) is 0 Å². The molecule has 150 valence electrons. The molecule has 2 unspecified atom stereocenters. The van der Waals surface area contributed by atoms with Crippen LogP contribution in [0.4, 0.5) is 0 Å². The molecule has 1 aromatic carbocycles. The first-order valence-corrected chi connectivity index (χ1v) is 11.8. The number of carbonyl (C=O) groups excluding carboxylic acids is 1. The number of carbonyl (C=O) groups is 1. The molecule has 0 spiro atoms. The monoisotopic (exact) mass is 424 g/mol. The molecule has 1 saturated heterocycles. The normalized spacial score (nSPS) is 23.7. The Morgan fingerprint density at radius 1 is 1.00 bits per heavy atom. The van der Waals surface area contributed by atoms with Crippen molar-refractivity contribution >= 4 is 28.6 Å². The van der Waals surface area contributed by atoms with E-state index < -0.39 is 5.60 Å². The van der Waals surface area contributed by atoms with Crippen LogP contribution < -0.4 is 5.32 Å². The Morgan fingerprint density at radius 3 is 2.17 bits per heavy atom. The lowest BCUT2D eigenvalue weighted by Gasteiger charge is -2.25. The van der Waals surface area contributed by atoms with Crippen molar-refractivity contribution in [2.24, 2.45) is 17.8 Å². The number of hydrogen-bond donors (Lipinski definition) is 2. The van der Waals surface area contributed by atoms with Gasteiger partial charge in [0.15, 0.2) is 0 Å². The second-order valence-electron chi connectivity index (χ2n) is 8.05. The van der Waals surface area contributed by atoms with Crippen LogP contribution >= 0.6 is 22.7 Å². The molecule has 4 nitrogen and oxygen atoms in total. The van der Waals surface area contributed by atoms with Crippen molar-refractivity contribution in [2.75, 3.05) is 19.6 Å². The maximum absolute atomic E-state index is 13.1. The summed E-state index contributed by atoms with van der Waals surface area (Å²) < 4.78 is 0. The Morgan fingerprint density at radius 2 is 1.62 bits per heavy atom. The van der Waals surface area contributed by atoms with E-state index in [1.165, 1.54) is 28.2 Å². The molecule has 2 atom stereocenters. The molecule has 2 N–H and O–H groups in total. The van der Waals surface area contributed by atoms with Crippen LogP contribution in [0.25, 0.3) is 0 Å². The second kappa shape index (κ2) is 7.69. The van der Waals surface area contributed by atoms with Gasteiger partial charge >= 0.3 is 0 Å². The smallest absolute Gasteiger partial charge is 0.263 e. The molecule has 29 heavy (non-hydrogen) atoms. The van der Waals surface area contributed by atoms with Gasteiger partial charge in [-0.25, -0.2) is 0 Å². The van der Waals surface area contributed by atoms with Crippen LogP contribution in [0.5, 0.6) is 0 Å².